The standard InChI is InChI=1S/C20H16N4O4/c1-24(2)12-6-4-11(5-7-12)21-18-15-16(23-19(26)17(15)25)13-8-3-10(20(27)28)9-14(13)22-18/h3-9H,1-2H3,(H,21,22)(H,27,28)(H,23,25,26). The highest BCUT2D eigenvalue weighted by atomic mass is 16.4. The van der Waals surface area contributed by atoms with Gasteiger partial charge < -0.3 is 20.6 Å². The summed E-state index contributed by atoms with van der Waals surface area (Å²) in [5.74, 6) is -2.30. The van der Waals surface area contributed by atoms with E-state index in [9.17, 15) is 19.5 Å². The normalized spacial score (nSPS) is 12.6. The molecule has 0 fully saturated rings. The summed E-state index contributed by atoms with van der Waals surface area (Å²) in [6.07, 6.45) is 0. The van der Waals surface area contributed by atoms with Crippen molar-refractivity contribution >= 4 is 51.4 Å². The molecule has 1 aliphatic heterocycles. The van der Waals surface area contributed by atoms with Crippen molar-refractivity contribution in [2.45, 2.75) is 0 Å². The predicted octanol–water partition coefficient (Wildman–Crippen LogP) is 2.88. The van der Waals surface area contributed by atoms with Crippen LogP contribution in [0.1, 0.15) is 20.7 Å². The molecule has 0 radical (unpaired) electrons. The Labute approximate surface area is 159 Å². The minimum Gasteiger partial charge on any atom is -0.478 e. The molecule has 0 bridgehead atoms. The number of aromatic carboxylic acids is 1. The number of nitrogens with zero attached hydrogens (tertiary/aromatic N) is 2. The van der Waals surface area contributed by atoms with Crippen LogP contribution in [0.5, 0.6) is 0 Å². The molecule has 1 aliphatic rings. The Bertz CT molecular complexity index is 1150. The molecule has 4 rings (SSSR count). The van der Waals surface area contributed by atoms with Crippen molar-refractivity contribution in [2.24, 2.45) is 0 Å². The van der Waals surface area contributed by atoms with Gasteiger partial charge in [0.1, 0.15) is 5.82 Å². The zero-order valence-corrected chi connectivity index (χ0v) is 15.1. The van der Waals surface area contributed by atoms with Crippen LogP contribution in [0.4, 0.5) is 22.9 Å². The Balaban J connectivity index is 1.85. The molecule has 0 spiro atoms. The first kappa shape index (κ1) is 17.5. The molecule has 28 heavy (non-hydrogen) atoms. The first-order valence-corrected chi connectivity index (χ1v) is 8.46. The zero-order valence-electron chi connectivity index (χ0n) is 15.1. The summed E-state index contributed by atoms with van der Waals surface area (Å²) >= 11 is 0. The second-order valence-corrected chi connectivity index (χ2v) is 6.60. The number of rotatable bonds is 4. The quantitative estimate of drug-likeness (QED) is 0.600. The number of anilines is 4. The number of amides is 1. The lowest BCUT2D eigenvalue weighted by Crippen LogP contribution is -2.13. The largest absolute Gasteiger partial charge is 0.478 e. The molecule has 140 valence electrons. The molecule has 8 nitrogen and oxygen atoms in total. The van der Waals surface area contributed by atoms with Crippen LogP contribution in [0.2, 0.25) is 0 Å². The molecule has 0 aliphatic carbocycles. The number of fused-ring (bicyclic) bond motifs is 3. The van der Waals surface area contributed by atoms with Crippen LogP contribution in [-0.4, -0.2) is 41.8 Å². The summed E-state index contributed by atoms with van der Waals surface area (Å²) in [7, 11) is 3.85. The smallest absolute Gasteiger partial charge is 0.335 e. The lowest BCUT2D eigenvalue weighted by atomic mass is 10.1. The Morgan fingerprint density at radius 3 is 2.46 bits per heavy atom. The molecule has 3 N–H and O–H groups in total. The summed E-state index contributed by atoms with van der Waals surface area (Å²) in [6, 6.07) is 11.8. The second-order valence-electron chi connectivity index (χ2n) is 6.60. The minimum atomic E-state index is -1.09. The van der Waals surface area contributed by atoms with Crippen LogP contribution in [0.3, 0.4) is 0 Å². The number of carboxylic acids is 1. The first-order valence-electron chi connectivity index (χ1n) is 8.46. The van der Waals surface area contributed by atoms with Crippen LogP contribution in [-0.2, 0) is 4.79 Å². The number of carbonyl (C=O) groups excluding carboxylic acids is 2. The fourth-order valence-corrected chi connectivity index (χ4v) is 3.10. The maximum absolute atomic E-state index is 12.4. The number of aromatic nitrogens is 1. The minimum absolute atomic E-state index is 0.0666. The van der Waals surface area contributed by atoms with Crippen molar-refractivity contribution in [3.8, 4) is 0 Å². The molecule has 0 atom stereocenters. The number of carbonyl (C=O) groups is 3. The summed E-state index contributed by atoms with van der Waals surface area (Å²) in [4.78, 5) is 42.0. The lowest BCUT2D eigenvalue weighted by Gasteiger charge is -2.15. The summed E-state index contributed by atoms with van der Waals surface area (Å²) in [5.41, 5.74) is 2.60. The van der Waals surface area contributed by atoms with E-state index in [1.54, 1.807) is 6.07 Å². The third-order valence-corrected chi connectivity index (χ3v) is 4.55. The SMILES string of the molecule is CN(C)c1ccc(Nc2nc3cc(C(=O)O)ccc3c3c2C(=O)C(=O)N3)cc1. The number of ketones is 1. The van der Waals surface area contributed by atoms with Gasteiger partial charge in [0, 0.05) is 30.9 Å². The van der Waals surface area contributed by atoms with Crippen molar-refractivity contribution in [1.29, 1.82) is 0 Å². The zero-order chi connectivity index (χ0) is 20.0. The van der Waals surface area contributed by atoms with E-state index in [0.717, 1.165) is 5.69 Å². The van der Waals surface area contributed by atoms with Crippen LogP contribution in [0.15, 0.2) is 42.5 Å². The van der Waals surface area contributed by atoms with Crippen LogP contribution >= 0.6 is 0 Å². The van der Waals surface area contributed by atoms with Crippen molar-refractivity contribution < 1.29 is 19.5 Å². The van der Waals surface area contributed by atoms with E-state index in [1.165, 1.54) is 12.1 Å². The molecular weight excluding hydrogens is 360 g/mol. The van der Waals surface area contributed by atoms with E-state index in [2.05, 4.69) is 15.6 Å². The molecule has 0 unspecified atom stereocenters. The van der Waals surface area contributed by atoms with Gasteiger partial charge in [-0.05, 0) is 42.5 Å². The third-order valence-electron chi connectivity index (χ3n) is 4.55. The van der Waals surface area contributed by atoms with Crippen molar-refractivity contribution in [3.05, 3.63) is 53.6 Å². The van der Waals surface area contributed by atoms with E-state index >= 15 is 0 Å². The van der Waals surface area contributed by atoms with Gasteiger partial charge in [0.05, 0.1) is 22.3 Å². The molecule has 0 saturated heterocycles. The number of Topliss-reactive ketones (excluding diaryl/α,β-unsaturated/α-hetero) is 1. The molecule has 2 heterocycles. The molecule has 2 aromatic carbocycles. The van der Waals surface area contributed by atoms with Gasteiger partial charge in [-0.1, -0.05) is 0 Å². The lowest BCUT2D eigenvalue weighted by molar-refractivity contribution is -0.112. The highest BCUT2D eigenvalue weighted by Gasteiger charge is 2.34. The van der Waals surface area contributed by atoms with Crippen molar-refractivity contribution in [3.63, 3.8) is 0 Å². The topological polar surface area (TPSA) is 112 Å². The average Bonchev–Trinajstić information content (AvgIpc) is 2.97. The number of carboxylic acid groups (broad SMARTS) is 1. The fraction of sp³-hybridized carbons (Fsp3) is 0.100. The van der Waals surface area contributed by atoms with Gasteiger partial charge in [0.2, 0.25) is 0 Å². The van der Waals surface area contributed by atoms with Gasteiger partial charge in [-0.2, -0.15) is 0 Å². The Morgan fingerprint density at radius 1 is 1.11 bits per heavy atom. The van der Waals surface area contributed by atoms with Gasteiger partial charge in [0.15, 0.2) is 0 Å². The van der Waals surface area contributed by atoms with E-state index in [1.807, 2.05) is 43.3 Å². The van der Waals surface area contributed by atoms with Gasteiger partial charge in [-0.15, -0.1) is 0 Å². The maximum atomic E-state index is 12.4. The van der Waals surface area contributed by atoms with Gasteiger partial charge in [-0.3, -0.25) is 9.59 Å². The van der Waals surface area contributed by atoms with E-state index in [0.29, 0.717) is 22.3 Å². The Kier molecular flexibility index (Phi) is 3.96. The Hall–Kier alpha value is -3.94. The van der Waals surface area contributed by atoms with Crippen molar-refractivity contribution in [2.75, 3.05) is 29.6 Å². The fourth-order valence-electron chi connectivity index (χ4n) is 3.10. The van der Waals surface area contributed by atoms with E-state index in [-0.39, 0.29) is 16.9 Å². The van der Waals surface area contributed by atoms with Crippen LogP contribution in [0, 0.1) is 0 Å². The predicted molar refractivity (Wildman–Crippen MR) is 106 cm³/mol. The average molecular weight is 376 g/mol. The van der Waals surface area contributed by atoms with Crippen LogP contribution < -0.4 is 15.5 Å². The van der Waals surface area contributed by atoms with Crippen molar-refractivity contribution in [1.82, 2.24) is 4.98 Å². The third kappa shape index (κ3) is 2.81. The van der Waals surface area contributed by atoms with E-state index in [4.69, 9.17) is 0 Å². The number of hydrogen-bond donors (Lipinski definition) is 3. The molecular formula is C20H16N4O4. The molecule has 8 heteroatoms. The molecule has 1 amide bonds. The second kappa shape index (κ2) is 6.34. The Morgan fingerprint density at radius 2 is 1.82 bits per heavy atom. The number of benzene rings is 2. The highest BCUT2D eigenvalue weighted by Crippen LogP contribution is 2.37. The first-order chi connectivity index (χ1) is 13.3. The highest BCUT2D eigenvalue weighted by molar-refractivity contribution is 6.54. The maximum Gasteiger partial charge on any atom is 0.335 e. The summed E-state index contributed by atoms with van der Waals surface area (Å²) < 4.78 is 0. The molecule has 0 saturated carbocycles. The van der Waals surface area contributed by atoms with Crippen LogP contribution in [0.25, 0.3) is 10.9 Å². The molecule has 3 aromatic rings. The van der Waals surface area contributed by atoms with Gasteiger partial charge >= 0.3 is 5.97 Å². The summed E-state index contributed by atoms with van der Waals surface area (Å²) in [6.45, 7) is 0. The number of hydrogen-bond acceptors (Lipinski definition) is 6. The molecule has 1 aromatic heterocycles. The number of pyridine rings is 1. The summed E-state index contributed by atoms with van der Waals surface area (Å²) in [5, 5.41) is 15.4. The van der Waals surface area contributed by atoms with Gasteiger partial charge in [0.25, 0.3) is 11.7 Å². The number of nitrogens with one attached hydrogen (secondary N) is 2. The monoisotopic (exact) mass is 376 g/mol. The van der Waals surface area contributed by atoms with Gasteiger partial charge in [-0.25, -0.2) is 9.78 Å². The van der Waals surface area contributed by atoms with E-state index < -0.39 is 17.7 Å².